The second-order valence-electron chi connectivity index (χ2n) is 5.87. The van der Waals surface area contributed by atoms with Crippen LogP contribution in [0.1, 0.15) is 26.3 Å². The number of nitrogens with zero attached hydrogens (tertiary/aromatic N) is 1. The molecule has 0 amide bonds. The molecule has 1 atom stereocenters. The third-order valence-corrected chi connectivity index (χ3v) is 2.83. The summed E-state index contributed by atoms with van der Waals surface area (Å²) in [5.74, 6) is -0.371. The number of pyridine rings is 1. The maximum atomic E-state index is 11.9. The number of hydrogen-bond acceptors (Lipinski definition) is 4. The van der Waals surface area contributed by atoms with Gasteiger partial charge in [-0.05, 0) is 51.0 Å². The van der Waals surface area contributed by atoms with Crippen LogP contribution < -0.4 is 5.73 Å². The SMILES string of the molecule is CC(C)(C)OC(=O)[C@H](N)Cc1ccc2ncccc2c1. The van der Waals surface area contributed by atoms with Crippen LogP contribution in [0.15, 0.2) is 36.5 Å². The molecule has 0 spiro atoms. The zero-order valence-corrected chi connectivity index (χ0v) is 12.1. The highest BCUT2D eigenvalue weighted by molar-refractivity contribution is 5.80. The summed E-state index contributed by atoms with van der Waals surface area (Å²) in [6.07, 6.45) is 2.22. The van der Waals surface area contributed by atoms with Crippen LogP contribution in [0.25, 0.3) is 10.9 Å². The molecule has 0 bridgehead atoms. The lowest BCUT2D eigenvalue weighted by Crippen LogP contribution is -2.38. The molecule has 0 saturated carbocycles. The lowest BCUT2D eigenvalue weighted by atomic mass is 10.0. The largest absolute Gasteiger partial charge is 0.459 e. The fourth-order valence-corrected chi connectivity index (χ4v) is 1.97. The zero-order valence-electron chi connectivity index (χ0n) is 12.1. The quantitative estimate of drug-likeness (QED) is 0.872. The first-order valence-corrected chi connectivity index (χ1v) is 6.67. The van der Waals surface area contributed by atoms with Gasteiger partial charge in [-0.2, -0.15) is 0 Å². The molecule has 4 heteroatoms. The molecular weight excluding hydrogens is 252 g/mol. The topological polar surface area (TPSA) is 65.2 Å². The van der Waals surface area contributed by atoms with Crippen molar-refractivity contribution in [2.45, 2.75) is 38.8 Å². The average molecular weight is 272 g/mol. The van der Waals surface area contributed by atoms with Gasteiger partial charge in [0.2, 0.25) is 0 Å². The molecule has 1 aromatic heterocycles. The van der Waals surface area contributed by atoms with Gasteiger partial charge in [0.25, 0.3) is 0 Å². The number of rotatable bonds is 3. The van der Waals surface area contributed by atoms with Crippen molar-refractivity contribution in [1.82, 2.24) is 4.98 Å². The third-order valence-electron chi connectivity index (χ3n) is 2.83. The molecule has 1 heterocycles. The molecule has 0 saturated heterocycles. The van der Waals surface area contributed by atoms with Gasteiger partial charge in [0.15, 0.2) is 0 Å². The van der Waals surface area contributed by atoms with Crippen molar-refractivity contribution in [1.29, 1.82) is 0 Å². The minimum Gasteiger partial charge on any atom is -0.459 e. The van der Waals surface area contributed by atoms with Crippen molar-refractivity contribution >= 4 is 16.9 Å². The van der Waals surface area contributed by atoms with E-state index in [4.69, 9.17) is 10.5 Å². The fraction of sp³-hybridized carbons (Fsp3) is 0.375. The molecule has 0 unspecified atom stereocenters. The van der Waals surface area contributed by atoms with Gasteiger partial charge >= 0.3 is 5.97 Å². The number of nitrogens with two attached hydrogens (primary N) is 1. The standard InChI is InChI=1S/C16H20N2O2/c1-16(2,3)20-15(19)13(17)10-11-6-7-14-12(9-11)5-4-8-18-14/h4-9,13H,10,17H2,1-3H3/t13-/m1/s1. The van der Waals surface area contributed by atoms with Crippen molar-refractivity contribution in [2.24, 2.45) is 5.73 Å². The highest BCUT2D eigenvalue weighted by Gasteiger charge is 2.22. The Morgan fingerprint density at radius 2 is 2.10 bits per heavy atom. The Morgan fingerprint density at radius 1 is 1.35 bits per heavy atom. The van der Waals surface area contributed by atoms with Crippen molar-refractivity contribution in [3.63, 3.8) is 0 Å². The lowest BCUT2D eigenvalue weighted by molar-refractivity contribution is -0.156. The molecule has 0 radical (unpaired) electrons. The van der Waals surface area contributed by atoms with Gasteiger partial charge in [-0.25, -0.2) is 0 Å². The summed E-state index contributed by atoms with van der Waals surface area (Å²) in [5.41, 5.74) is 7.33. The molecule has 2 aromatic rings. The van der Waals surface area contributed by atoms with Gasteiger partial charge in [0.05, 0.1) is 5.52 Å². The number of esters is 1. The molecule has 4 nitrogen and oxygen atoms in total. The Bertz CT molecular complexity index is 617. The average Bonchev–Trinajstić information content (AvgIpc) is 2.36. The number of ether oxygens (including phenoxy) is 1. The van der Waals surface area contributed by atoms with Gasteiger partial charge < -0.3 is 10.5 Å². The van der Waals surface area contributed by atoms with E-state index in [0.29, 0.717) is 6.42 Å². The molecule has 0 fully saturated rings. The molecule has 0 aliphatic carbocycles. The van der Waals surface area contributed by atoms with Crippen LogP contribution in [-0.2, 0) is 16.0 Å². The Balaban J connectivity index is 2.09. The molecule has 0 aliphatic heterocycles. The molecule has 106 valence electrons. The first-order valence-electron chi connectivity index (χ1n) is 6.67. The van der Waals surface area contributed by atoms with Crippen LogP contribution in [0.5, 0.6) is 0 Å². The minimum absolute atomic E-state index is 0.371. The predicted molar refractivity (Wildman–Crippen MR) is 79.3 cm³/mol. The lowest BCUT2D eigenvalue weighted by Gasteiger charge is -2.22. The second kappa shape index (κ2) is 5.59. The molecule has 20 heavy (non-hydrogen) atoms. The first kappa shape index (κ1) is 14.5. The highest BCUT2D eigenvalue weighted by Crippen LogP contribution is 2.15. The summed E-state index contributed by atoms with van der Waals surface area (Å²) < 4.78 is 5.28. The van der Waals surface area contributed by atoms with E-state index >= 15 is 0 Å². The molecule has 2 N–H and O–H groups in total. The Hall–Kier alpha value is -1.94. The fourth-order valence-electron chi connectivity index (χ4n) is 1.97. The number of aromatic nitrogens is 1. The van der Waals surface area contributed by atoms with Crippen LogP contribution in [0, 0.1) is 0 Å². The van der Waals surface area contributed by atoms with E-state index < -0.39 is 11.6 Å². The molecular formula is C16H20N2O2. The Labute approximate surface area is 119 Å². The van der Waals surface area contributed by atoms with E-state index in [0.717, 1.165) is 16.5 Å². The number of benzene rings is 1. The van der Waals surface area contributed by atoms with E-state index in [-0.39, 0.29) is 5.97 Å². The van der Waals surface area contributed by atoms with Crippen LogP contribution >= 0.6 is 0 Å². The molecule has 2 rings (SSSR count). The zero-order chi connectivity index (χ0) is 14.8. The number of carbonyl (C=O) groups is 1. The van der Waals surface area contributed by atoms with E-state index in [2.05, 4.69) is 4.98 Å². The third kappa shape index (κ3) is 3.78. The van der Waals surface area contributed by atoms with Crippen molar-refractivity contribution < 1.29 is 9.53 Å². The normalized spacial score (nSPS) is 13.2. The van der Waals surface area contributed by atoms with Crippen molar-refractivity contribution in [3.05, 3.63) is 42.1 Å². The summed E-state index contributed by atoms with van der Waals surface area (Å²) in [6.45, 7) is 5.50. The maximum Gasteiger partial charge on any atom is 0.323 e. The molecule has 0 aliphatic rings. The number of carbonyl (C=O) groups excluding carboxylic acids is 1. The van der Waals surface area contributed by atoms with E-state index in [1.807, 2.05) is 51.1 Å². The van der Waals surface area contributed by atoms with E-state index in [1.54, 1.807) is 6.20 Å². The van der Waals surface area contributed by atoms with E-state index in [9.17, 15) is 4.79 Å². The highest BCUT2D eigenvalue weighted by atomic mass is 16.6. The molecule has 1 aromatic carbocycles. The van der Waals surface area contributed by atoms with Crippen LogP contribution in [0.4, 0.5) is 0 Å². The summed E-state index contributed by atoms with van der Waals surface area (Å²) >= 11 is 0. The number of fused-ring (bicyclic) bond motifs is 1. The van der Waals surface area contributed by atoms with E-state index in [1.165, 1.54) is 0 Å². The Morgan fingerprint density at radius 3 is 2.80 bits per heavy atom. The summed E-state index contributed by atoms with van der Waals surface area (Å²) in [6, 6.07) is 9.12. The maximum absolute atomic E-state index is 11.9. The first-order chi connectivity index (χ1) is 9.35. The minimum atomic E-state index is -0.650. The number of hydrogen-bond donors (Lipinski definition) is 1. The van der Waals surface area contributed by atoms with Crippen molar-refractivity contribution in [2.75, 3.05) is 0 Å². The van der Waals surface area contributed by atoms with Gasteiger partial charge in [-0.1, -0.05) is 12.1 Å². The van der Waals surface area contributed by atoms with Gasteiger partial charge in [-0.3, -0.25) is 9.78 Å². The summed E-state index contributed by atoms with van der Waals surface area (Å²) in [4.78, 5) is 16.1. The van der Waals surface area contributed by atoms with Crippen LogP contribution in [0.2, 0.25) is 0 Å². The summed E-state index contributed by atoms with van der Waals surface area (Å²) in [5, 5.41) is 1.04. The predicted octanol–water partition coefficient (Wildman–Crippen LogP) is 2.45. The van der Waals surface area contributed by atoms with Gasteiger partial charge in [-0.15, -0.1) is 0 Å². The van der Waals surface area contributed by atoms with Gasteiger partial charge in [0, 0.05) is 11.6 Å². The van der Waals surface area contributed by atoms with Crippen LogP contribution in [-0.4, -0.2) is 22.6 Å². The second-order valence-corrected chi connectivity index (χ2v) is 5.87. The smallest absolute Gasteiger partial charge is 0.323 e. The monoisotopic (exact) mass is 272 g/mol. The van der Waals surface area contributed by atoms with Crippen molar-refractivity contribution in [3.8, 4) is 0 Å². The van der Waals surface area contributed by atoms with Gasteiger partial charge in [0.1, 0.15) is 11.6 Å². The van der Waals surface area contributed by atoms with Crippen LogP contribution in [0.3, 0.4) is 0 Å². The summed E-state index contributed by atoms with van der Waals surface area (Å²) in [7, 11) is 0. The Kier molecular flexibility index (Phi) is 4.04.